The Morgan fingerprint density at radius 1 is 1.00 bits per heavy atom. The largest absolute Gasteiger partial charge is 0.493 e. The fourth-order valence-corrected chi connectivity index (χ4v) is 3.88. The molecule has 2 aromatic carbocycles. The third-order valence-corrected chi connectivity index (χ3v) is 5.03. The van der Waals surface area contributed by atoms with Crippen LogP contribution in [-0.2, 0) is 4.79 Å². The highest BCUT2D eigenvalue weighted by Gasteiger charge is 2.35. The van der Waals surface area contributed by atoms with Crippen LogP contribution in [0.15, 0.2) is 53.7 Å². The number of Topliss-reactive ketones (excluding diaryl/α,β-unsaturated/α-hetero) is 1. The maximum Gasteiger partial charge on any atom is 0.162 e. The number of anilines is 1. The summed E-state index contributed by atoms with van der Waals surface area (Å²) in [4.78, 5) is 12.7. The standard InChI is InChI=1S/C21H21NO3/c1-24-18-11-14-16(12-19(18)25-2)22-15-9-6-10-17(23)21(15)20(14)13-7-4-3-5-8-13/h3-5,7-8,11-12,20,22H,6,9-10H2,1-2H3/t20-/m0/s1. The van der Waals surface area contributed by atoms with Crippen LogP contribution < -0.4 is 14.8 Å². The first-order chi connectivity index (χ1) is 12.2. The van der Waals surface area contributed by atoms with Crippen LogP contribution >= 0.6 is 0 Å². The lowest BCUT2D eigenvalue weighted by Gasteiger charge is -2.34. The molecule has 4 heteroatoms. The number of ketones is 1. The van der Waals surface area contributed by atoms with Crippen molar-refractivity contribution >= 4 is 11.5 Å². The maximum atomic E-state index is 12.7. The fraction of sp³-hybridized carbons (Fsp3) is 0.286. The number of rotatable bonds is 3. The van der Waals surface area contributed by atoms with Gasteiger partial charge in [-0.05, 0) is 30.0 Å². The van der Waals surface area contributed by atoms with Gasteiger partial charge in [0, 0.05) is 35.4 Å². The van der Waals surface area contributed by atoms with Crippen molar-refractivity contribution in [2.24, 2.45) is 0 Å². The summed E-state index contributed by atoms with van der Waals surface area (Å²) in [7, 11) is 3.27. The molecule has 4 rings (SSSR count). The zero-order valence-corrected chi connectivity index (χ0v) is 14.5. The number of nitrogens with one attached hydrogen (secondary N) is 1. The molecule has 0 amide bonds. The molecule has 0 radical (unpaired) electrons. The van der Waals surface area contributed by atoms with Gasteiger partial charge in [0.15, 0.2) is 17.3 Å². The summed E-state index contributed by atoms with van der Waals surface area (Å²) in [6, 6.07) is 14.2. The Hall–Kier alpha value is -2.75. The van der Waals surface area contributed by atoms with Crippen molar-refractivity contribution in [2.45, 2.75) is 25.2 Å². The van der Waals surface area contributed by atoms with Crippen molar-refractivity contribution in [2.75, 3.05) is 19.5 Å². The summed E-state index contributed by atoms with van der Waals surface area (Å²) < 4.78 is 10.9. The van der Waals surface area contributed by atoms with Crippen LogP contribution in [0.25, 0.3) is 0 Å². The Morgan fingerprint density at radius 3 is 2.44 bits per heavy atom. The lowest BCUT2D eigenvalue weighted by Crippen LogP contribution is -2.27. The molecule has 1 heterocycles. The first kappa shape index (κ1) is 15.8. The minimum atomic E-state index is -0.0694. The Morgan fingerprint density at radius 2 is 1.72 bits per heavy atom. The highest BCUT2D eigenvalue weighted by atomic mass is 16.5. The second kappa shape index (κ2) is 6.28. The van der Waals surface area contributed by atoms with Gasteiger partial charge in [-0.25, -0.2) is 0 Å². The molecule has 2 aromatic rings. The Bertz CT molecular complexity index is 855. The van der Waals surface area contributed by atoms with Crippen LogP contribution in [0.5, 0.6) is 11.5 Å². The molecule has 0 fully saturated rings. The van der Waals surface area contributed by atoms with Gasteiger partial charge in [0.25, 0.3) is 0 Å². The summed E-state index contributed by atoms with van der Waals surface area (Å²) in [6.07, 6.45) is 2.42. The van der Waals surface area contributed by atoms with Gasteiger partial charge in [0.1, 0.15) is 0 Å². The Labute approximate surface area is 147 Å². The van der Waals surface area contributed by atoms with Crippen LogP contribution in [0.4, 0.5) is 5.69 Å². The number of benzene rings is 2. The van der Waals surface area contributed by atoms with E-state index in [1.54, 1.807) is 14.2 Å². The zero-order chi connectivity index (χ0) is 17.4. The van der Waals surface area contributed by atoms with E-state index in [-0.39, 0.29) is 11.7 Å². The molecule has 1 N–H and O–H groups in total. The highest BCUT2D eigenvalue weighted by molar-refractivity contribution is 6.01. The molecule has 0 unspecified atom stereocenters. The van der Waals surface area contributed by atoms with E-state index in [2.05, 4.69) is 17.4 Å². The van der Waals surface area contributed by atoms with Crippen LogP contribution in [0, 0.1) is 0 Å². The van der Waals surface area contributed by atoms with E-state index in [0.29, 0.717) is 17.9 Å². The number of carbonyl (C=O) groups excluding carboxylic acids is 1. The molecule has 0 saturated heterocycles. The Balaban J connectivity index is 1.95. The smallest absolute Gasteiger partial charge is 0.162 e. The van der Waals surface area contributed by atoms with Crippen molar-refractivity contribution in [3.8, 4) is 11.5 Å². The van der Waals surface area contributed by atoms with Crippen LogP contribution in [0.2, 0.25) is 0 Å². The maximum absolute atomic E-state index is 12.7. The van der Waals surface area contributed by atoms with Crippen molar-refractivity contribution in [1.82, 2.24) is 0 Å². The summed E-state index contributed by atoms with van der Waals surface area (Å²) in [6.45, 7) is 0. The first-order valence-corrected chi connectivity index (χ1v) is 8.57. The van der Waals surface area contributed by atoms with E-state index >= 15 is 0 Å². The summed E-state index contributed by atoms with van der Waals surface area (Å²) in [5, 5.41) is 3.48. The molecule has 0 saturated carbocycles. The molecular weight excluding hydrogens is 314 g/mol. The molecule has 0 spiro atoms. The minimum Gasteiger partial charge on any atom is -0.493 e. The SMILES string of the molecule is COc1cc2c(cc1OC)[C@H](c1ccccc1)C1=C(CCCC1=O)N2. The number of allylic oxidation sites excluding steroid dienone is 2. The summed E-state index contributed by atoms with van der Waals surface area (Å²) in [5.41, 5.74) is 5.11. The number of hydrogen-bond donors (Lipinski definition) is 1. The van der Waals surface area contributed by atoms with Crippen molar-refractivity contribution in [1.29, 1.82) is 0 Å². The lowest BCUT2D eigenvalue weighted by molar-refractivity contribution is -0.116. The number of hydrogen-bond acceptors (Lipinski definition) is 4. The molecule has 1 aliphatic heterocycles. The van der Waals surface area contributed by atoms with E-state index in [1.165, 1.54) is 0 Å². The predicted octanol–water partition coefficient (Wildman–Crippen LogP) is 4.27. The first-order valence-electron chi connectivity index (χ1n) is 8.57. The van der Waals surface area contributed by atoms with Crippen molar-refractivity contribution < 1.29 is 14.3 Å². The van der Waals surface area contributed by atoms with E-state index < -0.39 is 0 Å². The second-order valence-corrected chi connectivity index (χ2v) is 6.43. The van der Waals surface area contributed by atoms with Crippen molar-refractivity contribution in [3.05, 3.63) is 64.9 Å². The quantitative estimate of drug-likeness (QED) is 0.910. The third-order valence-electron chi connectivity index (χ3n) is 5.03. The lowest BCUT2D eigenvalue weighted by atomic mass is 9.75. The van der Waals surface area contributed by atoms with E-state index in [4.69, 9.17) is 9.47 Å². The molecule has 2 aliphatic rings. The van der Waals surface area contributed by atoms with Gasteiger partial charge in [-0.15, -0.1) is 0 Å². The van der Waals surface area contributed by atoms with Crippen molar-refractivity contribution in [3.63, 3.8) is 0 Å². The summed E-state index contributed by atoms with van der Waals surface area (Å²) in [5.74, 6) is 1.53. The van der Waals surface area contributed by atoms with Gasteiger partial charge in [-0.2, -0.15) is 0 Å². The molecule has 25 heavy (non-hydrogen) atoms. The Kier molecular flexibility index (Phi) is 3.96. The highest BCUT2D eigenvalue weighted by Crippen LogP contribution is 2.48. The average Bonchev–Trinajstić information content (AvgIpc) is 2.66. The normalized spacial score (nSPS) is 19.0. The van der Waals surface area contributed by atoms with E-state index in [9.17, 15) is 4.79 Å². The van der Waals surface area contributed by atoms with Gasteiger partial charge in [0.05, 0.1) is 14.2 Å². The third kappa shape index (κ3) is 2.58. The molecule has 0 aromatic heterocycles. The van der Waals surface area contributed by atoms with E-state index in [1.807, 2.05) is 30.3 Å². The number of carbonyl (C=O) groups is 1. The van der Waals surface area contributed by atoms with E-state index in [0.717, 1.165) is 40.9 Å². The van der Waals surface area contributed by atoms with Crippen LogP contribution in [-0.4, -0.2) is 20.0 Å². The minimum absolute atomic E-state index is 0.0694. The predicted molar refractivity (Wildman–Crippen MR) is 97.3 cm³/mol. The van der Waals surface area contributed by atoms with Gasteiger partial charge < -0.3 is 14.8 Å². The topological polar surface area (TPSA) is 47.6 Å². The average molecular weight is 335 g/mol. The number of ether oxygens (including phenoxy) is 2. The molecule has 128 valence electrons. The monoisotopic (exact) mass is 335 g/mol. The van der Waals surface area contributed by atoms with Gasteiger partial charge in [0.2, 0.25) is 0 Å². The second-order valence-electron chi connectivity index (χ2n) is 6.43. The molecule has 1 atom stereocenters. The van der Waals surface area contributed by atoms with Crippen LogP contribution in [0.3, 0.4) is 0 Å². The van der Waals surface area contributed by atoms with Gasteiger partial charge in [-0.3, -0.25) is 4.79 Å². The summed E-state index contributed by atoms with van der Waals surface area (Å²) >= 11 is 0. The molecule has 0 bridgehead atoms. The number of fused-ring (bicyclic) bond motifs is 1. The molecule has 4 nitrogen and oxygen atoms in total. The number of methoxy groups -OCH3 is 2. The molecular formula is C21H21NO3. The zero-order valence-electron chi connectivity index (χ0n) is 14.5. The van der Waals surface area contributed by atoms with Gasteiger partial charge in [-0.1, -0.05) is 30.3 Å². The van der Waals surface area contributed by atoms with Crippen LogP contribution in [0.1, 0.15) is 36.3 Å². The molecule has 1 aliphatic carbocycles. The van der Waals surface area contributed by atoms with Gasteiger partial charge >= 0.3 is 0 Å². The fourth-order valence-electron chi connectivity index (χ4n) is 3.88.